The van der Waals surface area contributed by atoms with Crippen LogP contribution in [0.2, 0.25) is 0 Å². The molecule has 1 unspecified atom stereocenters. The predicted molar refractivity (Wildman–Crippen MR) is 114 cm³/mol. The van der Waals surface area contributed by atoms with Gasteiger partial charge in [-0.15, -0.1) is 0 Å². The van der Waals surface area contributed by atoms with Crippen LogP contribution in [0.5, 0.6) is 11.5 Å². The molecule has 2 N–H and O–H groups in total. The molecule has 158 valence electrons. The van der Waals surface area contributed by atoms with Crippen molar-refractivity contribution in [3.8, 4) is 23.1 Å². The lowest BCUT2D eigenvalue weighted by Crippen LogP contribution is -2.42. The lowest BCUT2D eigenvalue weighted by Gasteiger charge is -2.18. The summed E-state index contributed by atoms with van der Waals surface area (Å²) in [6.45, 7) is 3.17. The maximum Gasteiger partial charge on any atom is 0.276 e. The Kier molecular flexibility index (Phi) is 7.59. The Bertz CT molecular complexity index is 945. The third-order valence-corrected chi connectivity index (χ3v) is 4.15. The lowest BCUT2D eigenvalue weighted by molar-refractivity contribution is 0.223. The van der Waals surface area contributed by atoms with E-state index in [-0.39, 0.29) is 6.10 Å². The average molecular weight is 410 g/mol. The van der Waals surface area contributed by atoms with E-state index in [9.17, 15) is 0 Å². The van der Waals surface area contributed by atoms with Gasteiger partial charge in [0.1, 0.15) is 23.3 Å². The summed E-state index contributed by atoms with van der Waals surface area (Å²) < 4.78 is 16.4. The standard InChI is InChI=1S/C21H26N6O3/c1-15(29-17-8-6-7-16(13-17)28-3)14-25-21(22-2)24-12-10-19-26-20(30-27-19)18-9-4-5-11-23-18/h4-9,11,13,15H,10,12,14H2,1-3H3,(H2,22,24,25). The van der Waals surface area contributed by atoms with Gasteiger partial charge in [0.15, 0.2) is 11.8 Å². The van der Waals surface area contributed by atoms with E-state index in [0.29, 0.717) is 42.9 Å². The molecular formula is C21H26N6O3. The molecule has 9 heteroatoms. The summed E-state index contributed by atoms with van der Waals surface area (Å²) in [4.78, 5) is 12.8. The number of benzene rings is 1. The van der Waals surface area contributed by atoms with Crippen molar-refractivity contribution in [1.29, 1.82) is 0 Å². The summed E-state index contributed by atoms with van der Waals surface area (Å²) in [5, 5.41) is 10.5. The van der Waals surface area contributed by atoms with Crippen LogP contribution in [0.15, 0.2) is 58.2 Å². The number of hydrogen-bond acceptors (Lipinski definition) is 7. The average Bonchev–Trinajstić information content (AvgIpc) is 3.26. The fraction of sp³-hybridized carbons (Fsp3) is 0.333. The Balaban J connectivity index is 1.41. The Morgan fingerprint density at radius 3 is 2.80 bits per heavy atom. The zero-order valence-electron chi connectivity index (χ0n) is 17.3. The molecule has 1 aromatic carbocycles. The van der Waals surface area contributed by atoms with Crippen LogP contribution in [-0.2, 0) is 6.42 Å². The fourth-order valence-corrected chi connectivity index (χ4v) is 2.65. The summed E-state index contributed by atoms with van der Waals surface area (Å²) in [7, 11) is 3.35. The van der Waals surface area contributed by atoms with Crippen LogP contribution in [0.3, 0.4) is 0 Å². The van der Waals surface area contributed by atoms with Crippen LogP contribution in [-0.4, -0.2) is 54.4 Å². The van der Waals surface area contributed by atoms with Crippen molar-refractivity contribution in [1.82, 2.24) is 25.8 Å². The highest BCUT2D eigenvalue weighted by Gasteiger charge is 2.10. The van der Waals surface area contributed by atoms with Crippen molar-refractivity contribution < 1.29 is 14.0 Å². The first kappa shape index (κ1) is 21.1. The van der Waals surface area contributed by atoms with Gasteiger partial charge >= 0.3 is 0 Å². The molecule has 3 rings (SSSR count). The van der Waals surface area contributed by atoms with Crippen LogP contribution in [0.25, 0.3) is 11.6 Å². The monoisotopic (exact) mass is 410 g/mol. The molecular weight excluding hydrogens is 384 g/mol. The third-order valence-electron chi connectivity index (χ3n) is 4.15. The summed E-state index contributed by atoms with van der Waals surface area (Å²) >= 11 is 0. The van der Waals surface area contributed by atoms with Crippen LogP contribution in [0, 0.1) is 0 Å². The molecule has 0 aliphatic heterocycles. The molecule has 0 fully saturated rings. The van der Waals surface area contributed by atoms with Gasteiger partial charge in [-0.05, 0) is 31.2 Å². The quantitative estimate of drug-likeness (QED) is 0.409. The van der Waals surface area contributed by atoms with Crippen molar-refractivity contribution in [2.45, 2.75) is 19.4 Å². The molecule has 0 saturated heterocycles. The van der Waals surface area contributed by atoms with Gasteiger partial charge in [-0.3, -0.25) is 9.98 Å². The van der Waals surface area contributed by atoms with E-state index in [1.54, 1.807) is 20.4 Å². The molecule has 2 aromatic heterocycles. The summed E-state index contributed by atoms with van der Waals surface area (Å²) in [6, 6.07) is 13.1. The number of nitrogens with one attached hydrogen (secondary N) is 2. The van der Waals surface area contributed by atoms with Crippen molar-refractivity contribution in [3.63, 3.8) is 0 Å². The summed E-state index contributed by atoms with van der Waals surface area (Å²) in [5.74, 6) is 3.21. The first-order chi connectivity index (χ1) is 14.7. The third kappa shape index (κ3) is 6.20. The maximum atomic E-state index is 5.91. The number of aliphatic imine (C=N–C) groups is 1. The SMILES string of the molecule is CN=C(NCCc1noc(-c2ccccn2)n1)NCC(C)Oc1cccc(OC)c1. The van der Waals surface area contributed by atoms with Crippen LogP contribution >= 0.6 is 0 Å². The van der Waals surface area contributed by atoms with Crippen molar-refractivity contribution in [3.05, 3.63) is 54.5 Å². The van der Waals surface area contributed by atoms with E-state index in [2.05, 4.69) is 30.8 Å². The zero-order valence-corrected chi connectivity index (χ0v) is 17.3. The van der Waals surface area contributed by atoms with Gasteiger partial charge in [-0.2, -0.15) is 4.98 Å². The Morgan fingerprint density at radius 2 is 2.03 bits per heavy atom. The summed E-state index contributed by atoms with van der Waals surface area (Å²) in [6.07, 6.45) is 2.22. The van der Waals surface area contributed by atoms with Gasteiger partial charge < -0.3 is 24.6 Å². The fourth-order valence-electron chi connectivity index (χ4n) is 2.65. The molecule has 9 nitrogen and oxygen atoms in total. The number of hydrogen-bond donors (Lipinski definition) is 2. The highest BCUT2D eigenvalue weighted by molar-refractivity contribution is 5.79. The normalized spacial score (nSPS) is 12.3. The van der Waals surface area contributed by atoms with E-state index < -0.39 is 0 Å². The number of pyridine rings is 1. The molecule has 0 bridgehead atoms. The van der Waals surface area contributed by atoms with E-state index >= 15 is 0 Å². The number of methoxy groups -OCH3 is 1. The van der Waals surface area contributed by atoms with Gasteiger partial charge in [0.2, 0.25) is 0 Å². The zero-order chi connectivity index (χ0) is 21.2. The van der Waals surface area contributed by atoms with E-state index in [1.165, 1.54) is 0 Å². The number of aromatic nitrogens is 3. The van der Waals surface area contributed by atoms with Crippen LogP contribution in [0.1, 0.15) is 12.7 Å². The van der Waals surface area contributed by atoms with Gasteiger partial charge in [0.05, 0.1) is 13.7 Å². The van der Waals surface area contributed by atoms with Crippen molar-refractivity contribution in [2.24, 2.45) is 4.99 Å². The van der Waals surface area contributed by atoms with E-state index in [4.69, 9.17) is 14.0 Å². The molecule has 0 aliphatic rings. The second-order valence-electron chi connectivity index (χ2n) is 6.47. The number of guanidine groups is 1. The first-order valence-electron chi connectivity index (χ1n) is 9.67. The largest absolute Gasteiger partial charge is 0.497 e. The van der Waals surface area contributed by atoms with E-state index in [0.717, 1.165) is 11.5 Å². The molecule has 3 aromatic rings. The highest BCUT2D eigenvalue weighted by atomic mass is 16.5. The summed E-state index contributed by atoms with van der Waals surface area (Å²) in [5.41, 5.74) is 0.659. The van der Waals surface area contributed by atoms with E-state index in [1.807, 2.05) is 49.4 Å². The van der Waals surface area contributed by atoms with Crippen LogP contribution < -0.4 is 20.1 Å². The molecule has 30 heavy (non-hydrogen) atoms. The molecule has 0 saturated carbocycles. The van der Waals surface area contributed by atoms with Crippen molar-refractivity contribution in [2.75, 3.05) is 27.2 Å². The molecule has 0 amide bonds. The van der Waals surface area contributed by atoms with Gasteiger partial charge in [-0.1, -0.05) is 17.3 Å². The molecule has 0 spiro atoms. The second-order valence-corrected chi connectivity index (χ2v) is 6.47. The smallest absolute Gasteiger partial charge is 0.276 e. The van der Waals surface area contributed by atoms with Crippen molar-refractivity contribution >= 4 is 5.96 Å². The van der Waals surface area contributed by atoms with Gasteiger partial charge in [0.25, 0.3) is 5.89 Å². The maximum absolute atomic E-state index is 5.91. The van der Waals surface area contributed by atoms with Gasteiger partial charge in [-0.25, -0.2) is 0 Å². The topological polar surface area (TPSA) is 107 Å². The Hall–Kier alpha value is -3.62. The predicted octanol–water partition coefficient (Wildman–Crippen LogP) is 2.32. The molecule has 2 heterocycles. The second kappa shape index (κ2) is 10.8. The molecule has 0 radical (unpaired) electrons. The Labute approximate surface area is 175 Å². The minimum Gasteiger partial charge on any atom is -0.497 e. The van der Waals surface area contributed by atoms with Crippen LogP contribution in [0.4, 0.5) is 0 Å². The van der Waals surface area contributed by atoms with Gasteiger partial charge in [0, 0.05) is 32.3 Å². The lowest BCUT2D eigenvalue weighted by atomic mass is 10.3. The molecule has 0 aliphatic carbocycles. The number of nitrogens with zero attached hydrogens (tertiary/aromatic N) is 4. The minimum atomic E-state index is -0.0613. The molecule has 1 atom stereocenters. The number of ether oxygens (including phenoxy) is 2. The Morgan fingerprint density at radius 1 is 1.17 bits per heavy atom. The first-order valence-corrected chi connectivity index (χ1v) is 9.67. The highest BCUT2D eigenvalue weighted by Crippen LogP contribution is 2.19. The minimum absolute atomic E-state index is 0.0613. The number of rotatable bonds is 9.